The first kappa shape index (κ1) is 21.9. The molecule has 2 aromatic carbocycles. The second-order valence-electron chi connectivity index (χ2n) is 8.71. The number of benzene rings is 2. The molecule has 3 N–H and O–H groups in total. The maximum atomic E-state index is 12.3. The third kappa shape index (κ3) is 5.10. The van der Waals surface area contributed by atoms with E-state index in [2.05, 4.69) is 34.9 Å². The molecule has 0 saturated heterocycles. The minimum Gasteiger partial charge on any atom is -0.480 e. The summed E-state index contributed by atoms with van der Waals surface area (Å²) in [7, 11) is 0. The Morgan fingerprint density at radius 2 is 1.59 bits per heavy atom. The molecule has 0 unspecified atom stereocenters. The number of hydrogen-bond donors (Lipinski definition) is 3. The van der Waals surface area contributed by atoms with Crippen molar-refractivity contribution < 1.29 is 24.2 Å². The molecule has 168 valence electrons. The van der Waals surface area contributed by atoms with E-state index in [0.717, 1.165) is 35.1 Å². The molecule has 4 rings (SSSR count). The SMILES string of the molecule is C[C@H](CC(=O)N[C@@H](CC1CC1)C(=O)O)NC(=O)OCC1c2ccccc2-c2ccccc21. The zero-order valence-electron chi connectivity index (χ0n) is 18.0. The largest absolute Gasteiger partial charge is 0.480 e. The van der Waals surface area contributed by atoms with Crippen LogP contribution in [0.5, 0.6) is 0 Å². The average molecular weight is 437 g/mol. The molecule has 0 spiro atoms. The van der Waals surface area contributed by atoms with Gasteiger partial charge in [-0.25, -0.2) is 9.59 Å². The van der Waals surface area contributed by atoms with Crippen LogP contribution in [-0.2, 0) is 14.3 Å². The molecule has 1 saturated carbocycles. The fraction of sp³-hybridized carbons (Fsp3) is 0.400. The Hall–Kier alpha value is -3.35. The zero-order chi connectivity index (χ0) is 22.7. The lowest BCUT2D eigenvalue weighted by Gasteiger charge is -2.18. The van der Waals surface area contributed by atoms with E-state index in [9.17, 15) is 19.5 Å². The lowest BCUT2D eigenvalue weighted by molar-refractivity contribution is -0.142. The zero-order valence-corrected chi connectivity index (χ0v) is 18.0. The van der Waals surface area contributed by atoms with Crippen LogP contribution in [0.2, 0.25) is 0 Å². The fourth-order valence-corrected chi connectivity index (χ4v) is 4.33. The molecule has 32 heavy (non-hydrogen) atoms. The highest BCUT2D eigenvalue weighted by atomic mass is 16.5. The van der Waals surface area contributed by atoms with E-state index in [0.29, 0.717) is 12.3 Å². The molecule has 0 heterocycles. The van der Waals surface area contributed by atoms with Crippen molar-refractivity contribution in [2.45, 2.75) is 50.6 Å². The van der Waals surface area contributed by atoms with Gasteiger partial charge >= 0.3 is 12.1 Å². The number of carbonyl (C=O) groups is 3. The van der Waals surface area contributed by atoms with Crippen LogP contribution in [0.15, 0.2) is 48.5 Å². The van der Waals surface area contributed by atoms with Gasteiger partial charge in [0.25, 0.3) is 0 Å². The Labute approximate surface area is 187 Å². The standard InChI is InChI=1S/C25H28N2O5/c1-15(12-23(28)27-22(24(29)30)13-16-10-11-16)26-25(31)32-14-21-19-8-4-2-6-17(19)18-7-3-5-9-20(18)21/h2-9,15-16,21-22H,10-14H2,1H3,(H,26,31)(H,27,28)(H,29,30)/t15-,22+/m1/s1. The maximum absolute atomic E-state index is 12.3. The van der Waals surface area contributed by atoms with E-state index >= 15 is 0 Å². The molecule has 2 aromatic rings. The van der Waals surface area contributed by atoms with E-state index in [1.54, 1.807) is 6.92 Å². The second-order valence-corrected chi connectivity index (χ2v) is 8.71. The smallest absolute Gasteiger partial charge is 0.407 e. The Bertz CT molecular complexity index is 971. The van der Waals surface area contributed by atoms with E-state index in [4.69, 9.17) is 4.74 Å². The Balaban J connectivity index is 1.28. The minimum absolute atomic E-state index is 0.0152. The van der Waals surface area contributed by atoms with Crippen LogP contribution >= 0.6 is 0 Å². The van der Waals surface area contributed by atoms with Crippen molar-refractivity contribution in [2.75, 3.05) is 6.61 Å². The van der Waals surface area contributed by atoms with Crippen LogP contribution in [0, 0.1) is 5.92 Å². The fourth-order valence-electron chi connectivity index (χ4n) is 4.33. The van der Waals surface area contributed by atoms with Gasteiger partial charge in [-0.05, 0) is 41.5 Å². The van der Waals surface area contributed by atoms with Gasteiger partial charge in [0, 0.05) is 18.4 Å². The van der Waals surface area contributed by atoms with Crippen LogP contribution < -0.4 is 10.6 Å². The van der Waals surface area contributed by atoms with Crippen LogP contribution in [-0.4, -0.2) is 41.8 Å². The van der Waals surface area contributed by atoms with E-state index in [1.165, 1.54) is 0 Å². The maximum Gasteiger partial charge on any atom is 0.407 e. The van der Waals surface area contributed by atoms with Gasteiger partial charge in [-0.2, -0.15) is 0 Å². The molecule has 2 amide bonds. The van der Waals surface area contributed by atoms with Crippen molar-refractivity contribution in [1.29, 1.82) is 0 Å². The van der Waals surface area contributed by atoms with Crippen molar-refractivity contribution in [3.63, 3.8) is 0 Å². The number of amides is 2. The van der Waals surface area contributed by atoms with Gasteiger partial charge in [-0.15, -0.1) is 0 Å². The summed E-state index contributed by atoms with van der Waals surface area (Å²) in [5, 5.41) is 14.5. The molecule has 2 aliphatic rings. The average Bonchev–Trinajstić information content (AvgIpc) is 3.52. The van der Waals surface area contributed by atoms with E-state index < -0.39 is 30.1 Å². The molecule has 7 heteroatoms. The summed E-state index contributed by atoms with van der Waals surface area (Å²) in [6.07, 6.45) is 1.87. The molecular weight excluding hydrogens is 408 g/mol. The molecule has 1 fully saturated rings. The lowest BCUT2D eigenvalue weighted by atomic mass is 9.98. The van der Waals surface area contributed by atoms with Gasteiger partial charge in [-0.3, -0.25) is 4.79 Å². The number of aliphatic carboxylic acids is 1. The van der Waals surface area contributed by atoms with Crippen LogP contribution in [0.4, 0.5) is 4.79 Å². The number of hydrogen-bond acceptors (Lipinski definition) is 4. The number of carboxylic acids is 1. The molecule has 2 aliphatic carbocycles. The van der Waals surface area contributed by atoms with Gasteiger partial charge in [0.05, 0.1) is 0 Å². The monoisotopic (exact) mass is 436 g/mol. The van der Waals surface area contributed by atoms with Crippen LogP contribution in [0.3, 0.4) is 0 Å². The Kier molecular flexibility index (Phi) is 6.44. The molecule has 2 atom stereocenters. The van der Waals surface area contributed by atoms with Crippen molar-refractivity contribution in [2.24, 2.45) is 5.92 Å². The summed E-state index contributed by atoms with van der Waals surface area (Å²) in [5.41, 5.74) is 4.57. The number of fused-ring (bicyclic) bond motifs is 3. The van der Waals surface area contributed by atoms with E-state index in [1.807, 2.05) is 24.3 Å². The van der Waals surface area contributed by atoms with Crippen molar-refractivity contribution in [3.8, 4) is 11.1 Å². The number of ether oxygens (including phenoxy) is 1. The first-order valence-electron chi connectivity index (χ1n) is 11.1. The molecule has 7 nitrogen and oxygen atoms in total. The quantitative estimate of drug-likeness (QED) is 0.556. The highest BCUT2D eigenvalue weighted by Crippen LogP contribution is 2.44. The molecule has 0 radical (unpaired) electrons. The first-order chi connectivity index (χ1) is 15.4. The summed E-state index contributed by atoms with van der Waals surface area (Å²) < 4.78 is 5.50. The second kappa shape index (κ2) is 9.42. The third-order valence-corrected chi connectivity index (χ3v) is 6.10. The molecule has 0 bridgehead atoms. The first-order valence-corrected chi connectivity index (χ1v) is 11.1. The topological polar surface area (TPSA) is 105 Å². The Morgan fingerprint density at radius 3 is 2.16 bits per heavy atom. The van der Waals surface area contributed by atoms with Gasteiger partial charge in [0.2, 0.25) is 5.91 Å². The summed E-state index contributed by atoms with van der Waals surface area (Å²) in [4.78, 5) is 35.9. The third-order valence-electron chi connectivity index (χ3n) is 6.10. The molecule has 0 aliphatic heterocycles. The summed E-state index contributed by atoms with van der Waals surface area (Å²) in [6.45, 7) is 1.89. The van der Waals surface area contributed by atoms with Crippen molar-refractivity contribution in [1.82, 2.24) is 10.6 Å². The van der Waals surface area contributed by atoms with Gasteiger partial charge in [0.1, 0.15) is 12.6 Å². The van der Waals surface area contributed by atoms with E-state index in [-0.39, 0.29) is 18.9 Å². The van der Waals surface area contributed by atoms with Crippen molar-refractivity contribution in [3.05, 3.63) is 59.7 Å². The molecular formula is C25H28N2O5. The number of nitrogens with one attached hydrogen (secondary N) is 2. The molecule has 0 aromatic heterocycles. The highest BCUT2D eigenvalue weighted by Gasteiger charge is 2.31. The van der Waals surface area contributed by atoms with Crippen LogP contribution in [0.25, 0.3) is 11.1 Å². The van der Waals surface area contributed by atoms with Gasteiger partial charge in [-0.1, -0.05) is 61.4 Å². The van der Waals surface area contributed by atoms with Crippen LogP contribution in [0.1, 0.15) is 49.7 Å². The predicted octanol–water partition coefficient (Wildman–Crippen LogP) is 3.67. The lowest BCUT2D eigenvalue weighted by Crippen LogP contribution is -2.44. The predicted molar refractivity (Wildman–Crippen MR) is 119 cm³/mol. The van der Waals surface area contributed by atoms with Gasteiger partial charge in [0.15, 0.2) is 0 Å². The summed E-state index contributed by atoms with van der Waals surface area (Å²) in [6, 6.07) is 14.8. The summed E-state index contributed by atoms with van der Waals surface area (Å²) >= 11 is 0. The van der Waals surface area contributed by atoms with Crippen molar-refractivity contribution >= 4 is 18.0 Å². The number of carboxylic acid groups (broad SMARTS) is 1. The summed E-state index contributed by atoms with van der Waals surface area (Å²) in [5.74, 6) is -1.08. The number of rotatable bonds is 9. The number of alkyl carbamates (subject to hydrolysis) is 1. The minimum atomic E-state index is -1.03. The number of carbonyl (C=O) groups excluding carboxylic acids is 2. The van der Waals surface area contributed by atoms with Gasteiger partial charge < -0.3 is 20.5 Å². The highest BCUT2D eigenvalue weighted by molar-refractivity contribution is 5.84. The normalized spacial score (nSPS) is 16.4. The Morgan fingerprint density at radius 1 is 1.00 bits per heavy atom.